The molecule has 1 N–H and O–H groups in total. The quantitative estimate of drug-likeness (QED) is 0.114. The number of benzene rings is 6. The van der Waals surface area contributed by atoms with Crippen LogP contribution in [0.1, 0.15) is 64.4 Å². The Labute approximate surface area is 371 Å². The molecular formula is C51H45Cl2N3O6. The Kier molecular flexibility index (Phi) is 13.1. The first-order chi connectivity index (χ1) is 30.2. The Balaban J connectivity index is 0.996. The monoisotopic (exact) mass is 865 g/mol. The number of fused-ring (bicyclic) bond motifs is 2. The highest BCUT2D eigenvalue weighted by Crippen LogP contribution is 2.43. The maximum absolute atomic E-state index is 14.6. The van der Waals surface area contributed by atoms with Gasteiger partial charge in [-0.2, -0.15) is 5.26 Å². The van der Waals surface area contributed by atoms with E-state index in [1.54, 1.807) is 24.3 Å². The van der Waals surface area contributed by atoms with Gasteiger partial charge in [-0.3, -0.25) is 9.69 Å². The molecule has 0 radical (unpaired) electrons. The lowest BCUT2D eigenvalue weighted by Gasteiger charge is -2.42. The molecule has 0 spiro atoms. The number of hydrogen-bond donors (Lipinski definition) is 1. The van der Waals surface area contributed by atoms with Crippen LogP contribution in [0.15, 0.2) is 133 Å². The number of methoxy groups -OCH3 is 1. The summed E-state index contributed by atoms with van der Waals surface area (Å²) in [6.07, 6.45) is 1.08. The largest absolute Gasteiger partial charge is 0.489 e. The second-order valence-electron chi connectivity index (χ2n) is 15.5. The van der Waals surface area contributed by atoms with Gasteiger partial charge >= 0.3 is 5.97 Å². The number of nitriles is 1. The van der Waals surface area contributed by atoms with Crippen molar-refractivity contribution in [2.75, 3.05) is 13.7 Å². The molecule has 2 aliphatic heterocycles. The van der Waals surface area contributed by atoms with Crippen molar-refractivity contribution in [1.29, 1.82) is 5.26 Å². The Morgan fingerprint density at radius 1 is 0.839 bits per heavy atom. The van der Waals surface area contributed by atoms with E-state index in [4.69, 9.17) is 42.1 Å². The number of amides is 1. The van der Waals surface area contributed by atoms with E-state index < -0.39 is 18.1 Å². The maximum atomic E-state index is 14.6. The van der Waals surface area contributed by atoms with Crippen LogP contribution in [0.5, 0.6) is 17.2 Å². The zero-order valence-corrected chi connectivity index (χ0v) is 35.9. The smallest absolute Gasteiger partial charge is 0.328 e. The third-order valence-electron chi connectivity index (χ3n) is 11.6. The molecule has 314 valence electrons. The number of nitrogens with one attached hydrogen (secondary N) is 1. The molecule has 6 aromatic rings. The van der Waals surface area contributed by atoms with E-state index in [-0.39, 0.29) is 24.5 Å². The third kappa shape index (κ3) is 9.59. The third-order valence-corrected chi connectivity index (χ3v) is 12.3. The van der Waals surface area contributed by atoms with Gasteiger partial charge in [0.25, 0.3) is 0 Å². The van der Waals surface area contributed by atoms with Gasteiger partial charge in [-0.15, -0.1) is 0 Å². The lowest BCUT2D eigenvalue weighted by Crippen LogP contribution is -2.55. The number of carbonyl (C=O) groups excluding carboxylic acids is 2. The van der Waals surface area contributed by atoms with Gasteiger partial charge in [0.05, 0.1) is 34.8 Å². The molecule has 0 saturated carbocycles. The molecule has 11 heteroatoms. The predicted molar refractivity (Wildman–Crippen MR) is 239 cm³/mol. The SMILES string of the molecule is CCC(c1ccccc1)N1Cc2cc3c(cc2C[C@H]1C(=O)N[C@@H](Cc1ccc(-c2ccc(C#N)cc2)cc1)C(=O)OC)OC[C@@H](c1ccc(OCc2ccc(Cl)c(Cl)c2)cc1)O3. The van der Waals surface area contributed by atoms with Crippen LogP contribution in [0.25, 0.3) is 11.1 Å². The second kappa shape index (κ2) is 19.2. The van der Waals surface area contributed by atoms with Crippen LogP contribution in [0.4, 0.5) is 0 Å². The molecule has 0 aliphatic carbocycles. The van der Waals surface area contributed by atoms with Crippen LogP contribution in [0.3, 0.4) is 0 Å². The van der Waals surface area contributed by atoms with Gasteiger partial charge in [-0.1, -0.05) is 115 Å². The molecule has 62 heavy (non-hydrogen) atoms. The van der Waals surface area contributed by atoms with Gasteiger partial charge in [-0.25, -0.2) is 4.79 Å². The highest BCUT2D eigenvalue weighted by Gasteiger charge is 2.39. The standard InChI is InChI=1S/C51H45Cl2N3O6/c1-3-45(37-7-5-4-6-8-37)56-29-40-27-48-47(61-31-49(62-48)38-18-20-41(21-19-38)60-30-34-13-22-42(52)43(53)23-34)26-39(40)25-46(56)50(57)55-44(51(58)59-2)24-32-9-14-35(15-10-32)36-16-11-33(28-54)12-17-36/h4-23,26-27,44-46,49H,3,24-25,29-31H2,1-2H3,(H,55,57)/t44-,45?,46-,49-/m0/s1. The number of hydrogen-bond acceptors (Lipinski definition) is 8. The summed E-state index contributed by atoms with van der Waals surface area (Å²) in [6.45, 7) is 3.27. The topological polar surface area (TPSA) is 110 Å². The van der Waals surface area contributed by atoms with Crippen LogP contribution < -0.4 is 19.5 Å². The Hall–Kier alpha value is -6.31. The number of carbonyl (C=O) groups is 2. The van der Waals surface area contributed by atoms with Crippen molar-refractivity contribution in [1.82, 2.24) is 10.2 Å². The summed E-state index contributed by atoms with van der Waals surface area (Å²) in [7, 11) is 1.34. The molecule has 9 nitrogen and oxygen atoms in total. The minimum Gasteiger partial charge on any atom is -0.489 e. The first-order valence-electron chi connectivity index (χ1n) is 20.6. The van der Waals surface area contributed by atoms with E-state index in [0.717, 1.165) is 50.9 Å². The number of esters is 1. The molecule has 4 atom stereocenters. The highest BCUT2D eigenvalue weighted by atomic mass is 35.5. The fourth-order valence-corrected chi connectivity index (χ4v) is 8.55. The Morgan fingerprint density at radius 3 is 2.21 bits per heavy atom. The minimum absolute atomic E-state index is 0.0789. The number of rotatable bonds is 13. The van der Waals surface area contributed by atoms with Crippen molar-refractivity contribution in [3.05, 3.63) is 182 Å². The van der Waals surface area contributed by atoms with Gasteiger partial charge in [-0.05, 0) is 106 Å². The lowest BCUT2D eigenvalue weighted by molar-refractivity contribution is -0.146. The van der Waals surface area contributed by atoms with Crippen LogP contribution >= 0.6 is 23.2 Å². The average molecular weight is 867 g/mol. The summed E-state index contributed by atoms with van der Waals surface area (Å²) in [5.74, 6) is 1.20. The molecule has 2 aliphatic rings. The van der Waals surface area contributed by atoms with E-state index in [1.165, 1.54) is 7.11 Å². The van der Waals surface area contributed by atoms with Gasteiger partial charge < -0.3 is 24.3 Å². The van der Waals surface area contributed by atoms with E-state index in [0.29, 0.717) is 59.0 Å². The zero-order chi connectivity index (χ0) is 43.2. The number of halogens is 2. The van der Waals surface area contributed by atoms with E-state index >= 15 is 0 Å². The van der Waals surface area contributed by atoms with Crippen LogP contribution in [-0.4, -0.2) is 42.6 Å². The van der Waals surface area contributed by atoms with Gasteiger partial charge in [0.1, 0.15) is 25.0 Å². The molecule has 0 fully saturated rings. The van der Waals surface area contributed by atoms with Crippen LogP contribution in [0, 0.1) is 11.3 Å². The molecule has 1 amide bonds. The predicted octanol–water partition coefficient (Wildman–Crippen LogP) is 10.4. The zero-order valence-electron chi connectivity index (χ0n) is 34.4. The fourth-order valence-electron chi connectivity index (χ4n) is 8.23. The number of ether oxygens (including phenoxy) is 4. The molecule has 6 aromatic carbocycles. The van der Waals surface area contributed by atoms with Crippen molar-refractivity contribution in [2.24, 2.45) is 0 Å². The maximum Gasteiger partial charge on any atom is 0.328 e. The molecule has 2 heterocycles. The summed E-state index contributed by atoms with van der Waals surface area (Å²) in [6, 6.07) is 43.2. The Morgan fingerprint density at radius 2 is 1.53 bits per heavy atom. The molecule has 8 rings (SSSR count). The Bertz CT molecular complexity index is 2580. The van der Waals surface area contributed by atoms with E-state index in [2.05, 4.69) is 35.3 Å². The first kappa shape index (κ1) is 42.4. The van der Waals surface area contributed by atoms with Gasteiger partial charge in [0.15, 0.2) is 17.6 Å². The average Bonchev–Trinajstić information content (AvgIpc) is 3.31. The van der Waals surface area contributed by atoms with Gasteiger partial charge in [0, 0.05) is 19.0 Å². The summed E-state index contributed by atoms with van der Waals surface area (Å²) in [5, 5.41) is 13.2. The first-order valence-corrected chi connectivity index (χ1v) is 21.4. The molecular weight excluding hydrogens is 821 g/mol. The van der Waals surface area contributed by atoms with Crippen LogP contribution in [0.2, 0.25) is 10.0 Å². The van der Waals surface area contributed by atoms with Crippen LogP contribution in [-0.2, 0) is 40.3 Å². The van der Waals surface area contributed by atoms with Crippen molar-refractivity contribution >= 4 is 35.1 Å². The lowest BCUT2D eigenvalue weighted by atomic mass is 9.89. The molecule has 0 aromatic heterocycles. The van der Waals surface area contributed by atoms with Crippen molar-refractivity contribution < 1.29 is 28.5 Å². The van der Waals surface area contributed by atoms with E-state index in [1.807, 2.05) is 97.1 Å². The van der Waals surface area contributed by atoms with Crippen molar-refractivity contribution in [2.45, 2.75) is 63.6 Å². The minimum atomic E-state index is -0.909. The van der Waals surface area contributed by atoms with Gasteiger partial charge in [0.2, 0.25) is 5.91 Å². The molecule has 0 saturated heterocycles. The normalized spacial score (nSPS) is 16.6. The summed E-state index contributed by atoms with van der Waals surface area (Å²) < 4.78 is 24.1. The second-order valence-corrected chi connectivity index (χ2v) is 16.3. The number of nitrogens with zero attached hydrogens (tertiary/aromatic N) is 2. The molecule has 1 unspecified atom stereocenters. The van der Waals surface area contributed by atoms with E-state index in [9.17, 15) is 14.9 Å². The summed E-state index contributed by atoms with van der Waals surface area (Å²) in [4.78, 5) is 30.1. The molecule has 0 bridgehead atoms. The summed E-state index contributed by atoms with van der Waals surface area (Å²) >= 11 is 12.2. The summed E-state index contributed by atoms with van der Waals surface area (Å²) in [5.41, 5.74) is 8.41. The fraction of sp³-hybridized carbons (Fsp3) is 0.235. The van der Waals surface area contributed by atoms with Crippen molar-refractivity contribution in [3.63, 3.8) is 0 Å². The van der Waals surface area contributed by atoms with Crippen molar-refractivity contribution in [3.8, 4) is 34.4 Å². The highest BCUT2D eigenvalue weighted by molar-refractivity contribution is 6.42.